The van der Waals surface area contributed by atoms with Gasteiger partial charge in [-0.2, -0.15) is 5.10 Å². The zero-order valence-corrected chi connectivity index (χ0v) is 11.5. The maximum Gasteiger partial charge on any atom is 0.244 e. The summed E-state index contributed by atoms with van der Waals surface area (Å²) >= 11 is 0. The number of aromatic amines is 1. The van der Waals surface area contributed by atoms with Crippen LogP contribution in [0, 0.1) is 13.8 Å². The molecule has 0 atom stereocenters. The minimum Gasteiger partial charge on any atom is -0.394 e. The molecule has 1 saturated carbocycles. The lowest BCUT2D eigenvalue weighted by atomic mass is 10.0. The Labute approximate surface area is 107 Å². The van der Waals surface area contributed by atoms with Crippen LogP contribution in [0.3, 0.4) is 0 Å². The first-order chi connectivity index (χ1) is 8.40. The van der Waals surface area contributed by atoms with Crippen molar-refractivity contribution in [1.82, 2.24) is 14.9 Å². The lowest BCUT2D eigenvalue weighted by molar-refractivity contribution is 0.185. The van der Waals surface area contributed by atoms with Crippen molar-refractivity contribution >= 4 is 10.0 Å². The largest absolute Gasteiger partial charge is 0.394 e. The number of aryl methyl sites for hydroxylation is 2. The first-order valence-electron chi connectivity index (χ1n) is 6.07. The number of hydrogen-bond donors (Lipinski definition) is 3. The van der Waals surface area contributed by atoms with Gasteiger partial charge in [-0.25, -0.2) is 13.1 Å². The van der Waals surface area contributed by atoms with Crippen molar-refractivity contribution in [3.05, 3.63) is 11.4 Å². The first kappa shape index (κ1) is 13.5. The summed E-state index contributed by atoms with van der Waals surface area (Å²) < 4.78 is 27.4. The van der Waals surface area contributed by atoms with Gasteiger partial charge >= 0.3 is 0 Å². The summed E-state index contributed by atoms with van der Waals surface area (Å²) in [6, 6.07) is 0. The van der Waals surface area contributed by atoms with Gasteiger partial charge in [-0.3, -0.25) is 5.10 Å². The van der Waals surface area contributed by atoms with E-state index in [2.05, 4.69) is 14.9 Å². The molecule has 0 unspecified atom stereocenters. The van der Waals surface area contributed by atoms with Gasteiger partial charge in [0.15, 0.2) is 0 Å². The van der Waals surface area contributed by atoms with Crippen LogP contribution in [0.1, 0.15) is 37.1 Å². The Hall–Kier alpha value is -0.920. The van der Waals surface area contributed by atoms with Gasteiger partial charge in [0, 0.05) is 0 Å². The first-order valence-corrected chi connectivity index (χ1v) is 7.55. The standard InChI is InChI=1S/C11H19N3O3S/c1-8-10(9(2)13-12-8)18(16,17)14-11(7-15)5-3-4-6-11/h14-15H,3-7H2,1-2H3,(H,12,13). The van der Waals surface area contributed by atoms with E-state index in [-0.39, 0.29) is 11.5 Å². The number of aromatic nitrogens is 2. The second-order valence-electron chi connectivity index (χ2n) is 5.01. The maximum absolute atomic E-state index is 12.4. The van der Waals surface area contributed by atoms with Gasteiger partial charge in [0.05, 0.1) is 23.5 Å². The molecule has 0 aliphatic heterocycles. The van der Waals surface area contributed by atoms with E-state index in [1.807, 2.05) is 0 Å². The van der Waals surface area contributed by atoms with E-state index in [0.717, 1.165) is 12.8 Å². The van der Waals surface area contributed by atoms with E-state index >= 15 is 0 Å². The lowest BCUT2D eigenvalue weighted by Gasteiger charge is -2.27. The Morgan fingerprint density at radius 2 is 2.00 bits per heavy atom. The summed E-state index contributed by atoms with van der Waals surface area (Å²) in [7, 11) is -3.64. The average molecular weight is 273 g/mol. The third-order valence-electron chi connectivity index (χ3n) is 3.54. The van der Waals surface area contributed by atoms with E-state index in [0.29, 0.717) is 24.2 Å². The highest BCUT2D eigenvalue weighted by Crippen LogP contribution is 2.31. The SMILES string of the molecule is Cc1n[nH]c(C)c1S(=O)(=O)NC1(CO)CCCC1. The molecule has 2 rings (SSSR count). The van der Waals surface area contributed by atoms with Crippen molar-refractivity contribution in [3.63, 3.8) is 0 Å². The Balaban J connectivity index is 2.33. The summed E-state index contributed by atoms with van der Waals surface area (Å²) in [5.41, 5.74) is 0.270. The lowest BCUT2D eigenvalue weighted by Crippen LogP contribution is -2.49. The topological polar surface area (TPSA) is 95.1 Å². The number of nitrogens with one attached hydrogen (secondary N) is 2. The van der Waals surface area contributed by atoms with Gasteiger partial charge < -0.3 is 5.11 Å². The molecule has 0 amide bonds. The smallest absolute Gasteiger partial charge is 0.244 e. The number of aliphatic hydroxyl groups excluding tert-OH is 1. The predicted molar refractivity (Wildman–Crippen MR) is 66.7 cm³/mol. The van der Waals surface area contributed by atoms with Crippen LogP contribution >= 0.6 is 0 Å². The van der Waals surface area contributed by atoms with E-state index < -0.39 is 15.6 Å². The molecule has 1 aliphatic rings. The molecule has 0 radical (unpaired) electrons. The van der Waals surface area contributed by atoms with Crippen LogP contribution in [0.25, 0.3) is 0 Å². The highest BCUT2D eigenvalue weighted by atomic mass is 32.2. The monoisotopic (exact) mass is 273 g/mol. The fourth-order valence-corrected chi connectivity index (χ4v) is 4.44. The molecule has 1 aromatic heterocycles. The third kappa shape index (κ3) is 2.30. The van der Waals surface area contributed by atoms with Crippen LogP contribution in [0.15, 0.2) is 4.90 Å². The number of rotatable bonds is 4. The zero-order chi connectivity index (χ0) is 13.4. The molecule has 6 nitrogen and oxygen atoms in total. The van der Waals surface area contributed by atoms with Crippen LogP contribution in [-0.2, 0) is 10.0 Å². The van der Waals surface area contributed by atoms with Crippen molar-refractivity contribution in [2.75, 3.05) is 6.61 Å². The molecule has 1 heterocycles. The molecule has 0 saturated heterocycles. The van der Waals surface area contributed by atoms with Crippen molar-refractivity contribution in [2.45, 2.75) is 50.0 Å². The van der Waals surface area contributed by atoms with Crippen molar-refractivity contribution in [2.24, 2.45) is 0 Å². The van der Waals surface area contributed by atoms with Crippen LogP contribution in [0.2, 0.25) is 0 Å². The number of hydrogen-bond acceptors (Lipinski definition) is 4. The van der Waals surface area contributed by atoms with Gasteiger partial charge in [-0.1, -0.05) is 12.8 Å². The number of sulfonamides is 1. The molecule has 1 aliphatic carbocycles. The second-order valence-corrected chi connectivity index (χ2v) is 6.63. The highest BCUT2D eigenvalue weighted by Gasteiger charge is 2.38. The fraction of sp³-hybridized carbons (Fsp3) is 0.727. The number of nitrogens with zero attached hydrogens (tertiary/aromatic N) is 1. The summed E-state index contributed by atoms with van der Waals surface area (Å²) in [4.78, 5) is 0.197. The van der Waals surface area contributed by atoms with Gasteiger partial charge in [-0.05, 0) is 26.7 Å². The number of aliphatic hydroxyl groups is 1. The number of H-pyrrole nitrogens is 1. The van der Waals surface area contributed by atoms with Crippen LogP contribution in [-0.4, -0.2) is 35.9 Å². The van der Waals surface area contributed by atoms with Gasteiger partial charge in [0.2, 0.25) is 10.0 Å². The van der Waals surface area contributed by atoms with Gasteiger partial charge in [-0.15, -0.1) is 0 Å². The molecule has 1 fully saturated rings. The molecule has 0 aromatic carbocycles. The maximum atomic E-state index is 12.4. The summed E-state index contributed by atoms with van der Waals surface area (Å²) in [5.74, 6) is 0. The van der Waals surface area contributed by atoms with Crippen molar-refractivity contribution in [3.8, 4) is 0 Å². The Kier molecular flexibility index (Phi) is 3.48. The van der Waals surface area contributed by atoms with Gasteiger partial charge in [0.25, 0.3) is 0 Å². The molecule has 3 N–H and O–H groups in total. The summed E-state index contributed by atoms with van der Waals surface area (Å²) in [5, 5.41) is 16.0. The second kappa shape index (κ2) is 4.64. The van der Waals surface area contributed by atoms with Crippen LogP contribution < -0.4 is 4.72 Å². The van der Waals surface area contributed by atoms with Crippen molar-refractivity contribution in [1.29, 1.82) is 0 Å². The molecular formula is C11H19N3O3S. The predicted octanol–water partition coefficient (Wildman–Crippen LogP) is 0.610. The molecule has 0 spiro atoms. The van der Waals surface area contributed by atoms with E-state index in [4.69, 9.17) is 0 Å². The van der Waals surface area contributed by atoms with Crippen LogP contribution in [0.5, 0.6) is 0 Å². The third-order valence-corrected chi connectivity index (χ3v) is 5.38. The minimum absolute atomic E-state index is 0.165. The van der Waals surface area contributed by atoms with Crippen molar-refractivity contribution < 1.29 is 13.5 Å². The fourth-order valence-electron chi connectivity index (χ4n) is 2.62. The minimum atomic E-state index is -3.64. The summed E-state index contributed by atoms with van der Waals surface area (Å²) in [6.07, 6.45) is 3.23. The van der Waals surface area contributed by atoms with E-state index in [9.17, 15) is 13.5 Å². The van der Waals surface area contributed by atoms with Gasteiger partial charge in [0.1, 0.15) is 4.90 Å². The van der Waals surface area contributed by atoms with E-state index in [1.165, 1.54) is 0 Å². The Morgan fingerprint density at radius 3 is 2.44 bits per heavy atom. The zero-order valence-electron chi connectivity index (χ0n) is 10.7. The van der Waals surface area contributed by atoms with E-state index in [1.54, 1.807) is 13.8 Å². The molecule has 7 heteroatoms. The summed E-state index contributed by atoms with van der Waals surface area (Å²) in [6.45, 7) is 3.16. The normalized spacial score (nSPS) is 19.3. The molecule has 1 aromatic rings. The molecular weight excluding hydrogens is 254 g/mol. The average Bonchev–Trinajstić information content (AvgIpc) is 2.86. The molecule has 0 bridgehead atoms. The highest BCUT2D eigenvalue weighted by molar-refractivity contribution is 7.89. The Bertz CT molecular complexity index is 510. The van der Waals surface area contributed by atoms with Crippen LogP contribution in [0.4, 0.5) is 0 Å². The Morgan fingerprint density at radius 1 is 1.39 bits per heavy atom. The molecule has 18 heavy (non-hydrogen) atoms. The quantitative estimate of drug-likeness (QED) is 0.749. The molecule has 102 valence electrons.